The van der Waals surface area contributed by atoms with Crippen LogP contribution in [0.15, 0.2) is 11.9 Å². The fourth-order valence-corrected chi connectivity index (χ4v) is 0.768. The van der Waals surface area contributed by atoms with E-state index in [2.05, 4.69) is 5.32 Å². The fraction of sp³-hybridized carbons (Fsp3) is 0.667. The number of hydrogen-bond acceptors (Lipinski definition) is 2. The van der Waals surface area contributed by atoms with Crippen LogP contribution < -0.4 is 5.32 Å². The minimum Gasteiger partial charge on any atom is -0.444 e. The highest BCUT2D eigenvalue weighted by atomic mass is 35.5. The number of amides is 1. The Kier molecular flexibility index (Phi) is 5.53. The summed E-state index contributed by atoms with van der Waals surface area (Å²) in [5, 5.41) is 2.39. The molecule has 0 aliphatic carbocycles. The number of hydrogen-bond donors (Lipinski definition) is 1. The van der Waals surface area contributed by atoms with Crippen LogP contribution in [0.4, 0.5) is 9.18 Å². The van der Waals surface area contributed by atoms with E-state index in [1.807, 2.05) is 0 Å². The summed E-state index contributed by atoms with van der Waals surface area (Å²) >= 11 is 5.38. The van der Waals surface area contributed by atoms with E-state index in [0.29, 0.717) is 11.9 Å². The highest BCUT2D eigenvalue weighted by Gasteiger charge is 2.15. The van der Waals surface area contributed by atoms with Crippen molar-refractivity contribution in [3.05, 3.63) is 11.9 Å². The van der Waals surface area contributed by atoms with Crippen LogP contribution in [0.3, 0.4) is 0 Å². The zero-order valence-electron chi connectivity index (χ0n) is 8.56. The summed E-state index contributed by atoms with van der Waals surface area (Å²) in [5.74, 6) is 0.0479. The second kappa shape index (κ2) is 5.86. The SMILES string of the molecule is CC(C)(C)OC(=O)NC/C(=C/F)CCl. The van der Waals surface area contributed by atoms with Gasteiger partial charge in [0.1, 0.15) is 5.60 Å². The van der Waals surface area contributed by atoms with E-state index in [0.717, 1.165) is 0 Å². The lowest BCUT2D eigenvalue weighted by Gasteiger charge is -2.19. The summed E-state index contributed by atoms with van der Waals surface area (Å²) in [6, 6.07) is 0. The summed E-state index contributed by atoms with van der Waals surface area (Å²) in [4.78, 5) is 11.1. The van der Waals surface area contributed by atoms with Crippen LogP contribution in [-0.4, -0.2) is 24.1 Å². The van der Waals surface area contributed by atoms with Crippen molar-refractivity contribution in [2.24, 2.45) is 0 Å². The van der Waals surface area contributed by atoms with Crippen molar-refractivity contribution in [3.8, 4) is 0 Å². The Labute approximate surface area is 88.3 Å². The number of alkyl halides is 1. The molecule has 0 aromatic carbocycles. The van der Waals surface area contributed by atoms with Crippen LogP contribution in [0.2, 0.25) is 0 Å². The van der Waals surface area contributed by atoms with Crippen molar-refractivity contribution in [2.45, 2.75) is 26.4 Å². The summed E-state index contributed by atoms with van der Waals surface area (Å²) < 4.78 is 16.9. The van der Waals surface area contributed by atoms with Gasteiger partial charge in [0, 0.05) is 12.4 Å². The molecule has 0 aromatic heterocycles. The molecule has 82 valence electrons. The van der Waals surface area contributed by atoms with E-state index in [-0.39, 0.29) is 12.4 Å². The third-order valence-electron chi connectivity index (χ3n) is 1.18. The molecule has 0 unspecified atom stereocenters. The lowest BCUT2D eigenvalue weighted by molar-refractivity contribution is 0.0532. The molecule has 0 atom stereocenters. The maximum Gasteiger partial charge on any atom is 0.407 e. The molecule has 0 bridgehead atoms. The van der Waals surface area contributed by atoms with Gasteiger partial charge in [-0.3, -0.25) is 0 Å². The molecule has 0 aliphatic heterocycles. The van der Waals surface area contributed by atoms with Gasteiger partial charge in [0.2, 0.25) is 0 Å². The molecule has 0 saturated heterocycles. The molecule has 0 aromatic rings. The lowest BCUT2D eigenvalue weighted by Crippen LogP contribution is -2.33. The summed E-state index contributed by atoms with van der Waals surface area (Å²) in [6.07, 6.45) is -0.202. The number of carbonyl (C=O) groups excluding carboxylic acids is 1. The highest BCUT2D eigenvalue weighted by Crippen LogP contribution is 2.06. The second-order valence-corrected chi connectivity index (χ2v) is 4.02. The van der Waals surface area contributed by atoms with Gasteiger partial charge in [0.25, 0.3) is 0 Å². The van der Waals surface area contributed by atoms with Gasteiger partial charge in [-0.1, -0.05) is 0 Å². The average Bonchev–Trinajstić information content (AvgIpc) is 2.03. The smallest absolute Gasteiger partial charge is 0.407 e. The molecule has 1 amide bonds. The third-order valence-corrected chi connectivity index (χ3v) is 1.53. The maximum atomic E-state index is 12.0. The first-order valence-electron chi connectivity index (χ1n) is 4.20. The van der Waals surface area contributed by atoms with Gasteiger partial charge in [-0.2, -0.15) is 0 Å². The molecule has 3 nitrogen and oxygen atoms in total. The lowest BCUT2D eigenvalue weighted by atomic mass is 10.2. The Morgan fingerprint density at radius 2 is 2.14 bits per heavy atom. The second-order valence-electron chi connectivity index (χ2n) is 3.76. The molecule has 0 aliphatic rings. The number of ether oxygens (including phenoxy) is 1. The van der Waals surface area contributed by atoms with Crippen LogP contribution in [0.1, 0.15) is 20.8 Å². The number of nitrogens with one attached hydrogen (secondary N) is 1. The molecule has 0 rings (SSSR count). The van der Waals surface area contributed by atoms with Crippen molar-refractivity contribution in [1.29, 1.82) is 0 Å². The van der Waals surface area contributed by atoms with Crippen LogP contribution >= 0.6 is 11.6 Å². The Bertz CT molecular complexity index is 223. The van der Waals surface area contributed by atoms with Crippen molar-refractivity contribution in [2.75, 3.05) is 12.4 Å². The molecular weight excluding hydrogens is 209 g/mol. The molecular formula is C9H15ClFNO2. The van der Waals surface area contributed by atoms with Crippen molar-refractivity contribution < 1.29 is 13.9 Å². The number of carbonyl (C=O) groups is 1. The summed E-state index contributed by atoms with van der Waals surface area (Å²) in [5.41, 5.74) is -0.248. The predicted molar refractivity (Wildman–Crippen MR) is 54.1 cm³/mol. The third kappa shape index (κ3) is 6.71. The van der Waals surface area contributed by atoms with Crippen molar-refractivity contribution in [3.63, 3.8) is 0 Å². The molecule has 0 spiro atoms. The first kappa shape index (κ1) is 13.2. The molecule has 5 heteroatoms. The predicted octanol–water partition coefficient (Wildman–Crippen LogP) is 2.60. The van der Waals surface area contributed by atoms with Crippen molar-refractivity contribution in [1.82, 2.24) is 5.32 Å². The molecule has 0 radical (unpaired) electrons. The Morgan fingerprint density at radius 3 is 2.50 bits per heavy atom. The van der Waals surface area contributed by atoms with Gasteiger partial charge < -0.3 is 10.1 Å². The van der Waals surface area contributed by atoms with Gasteiger partial charge in [0.15, 0.2) is 0 Å². The van der Waals surface area contributed by atoms with Gasteiger partial charge >= 0.3 is 6.09 Å². The topological polar surface area (TPSA) is 38.3 Å². The van der Waals surface area contributed by atoms with E-state index in [9.17, 15) is 9.18 Å². The monoisotopic (exact) mass is 223 g/mol. The van der Waals surface area contributed by atoms with Gasteiger partial charge in [-0.05, 0) is 26.3 Å². The van der Waals surface area contributed by atoms with Gasteiger partial charge in [-0.15, -0.1) is 11.6 Å². The van der Waals surface area contributed by atoms with E-state index in [4.69, 9.17) is 16.3 Å². The van der Waals surface area contributed by atoms with Crippen LogP contribution in [0, 0.1) is 0 Å². The fourth-order valence-electron chi connectivity index (χ4n) is 0.615. The first-order valence-corrected chi connectivity index (χ1v) is 4.73. The molecule has 0 heterocycles. The van der Waals surface area contributed by atoms with Crippen LogP contribution in [0.5, 0.6) is 0 Å². The molecule has 0 fully saturated rings. The van der Waals surface area contributed by atoms with Crippen LogP contribution in [-0.2, 0) is 4.74 Å². The summed E-state index contributed by atoms with van der Waals surface area (Å²) in [6.45, 7) is 5.31. The number of halogens is 2. The summed E-state index contributed by atoms with van der Waals surface area (Å²) in [7, 11) is 0. The van der Waals surface area contributed by atoms with E-state index < -0.39 is 11.7 Å². The van der Waals surface area contributed by atoms with Crippen molar-refractivity contribution >= 4 is 17.7 Å². The Morgan fingerprint density at radius 1 is 1.57 bits per heavy atom. The van der Waals surface area contributed by atoms with E-state index in [1.165, 1.54) is 0 Å². The maximum absolute atomic E-state index is 12.0. The van der Waals surface area contributed by atoms with E-state index >= 15 is 0 Å². The molecule has 0 saturated carbocycles. The average molecular weight is 224 g/mol. The largest absolute Gasteiger partial charge is 0.444 e. The normalized spacial score (nSPS) is 12.5. The Balaban J connectivity index is 3.86. The highest BCUT2D eigenvalue weighted by molar-refractivity contribution is 6.19. The number of alkyl carbamates (subject to hydrolysis) is 1. The minimum atomic E-state index is -0.582. The molecule has 14 heavy (non-hydrogen) atoms. The van der Waals surface area contributed by atoms with Crippen LogP contribution in [0.25, 0.3) is 0 Å². The standard InChI is InChI=1S/C9H15ClFNO2/c1-9(2,3)14-8(13)12-6-7(4-10)5-11/h5H,4,6H2,1-3H3,(H,12,13)/b7-5+. The Hall–Kier alpha value is -0.770. The quantitative estimate of drug-likeness (QED) is 0.747. The first-order chi connectivity index (χ1) is 6.39. The van der Waals surface area contributed by atoms with Gasteiger partial charge in [-0.25, -0.2) is 9.18 Å². The zero-order chi connectivity index (χ0) is 11.2. The number of rotatable bonds is 3. The zero-order valence-corrected chi connectivity index (χ0v) is 9.32. The van der Waals surface area contributed by atoms with E-state index in [1.54, 1.807) is 20.8 Å². The van der Waals surface area contributed by atoms with Gasteiger partial charge in [0.05, 0.1) is 6.33 Å². The molecule has 1 N–H and O–H groups in total. The minimum absolute atomic E-state index is 0.0479.